The molecule has 0 spiro atoms. The SMILES string of the molecule is CC(C)(C)OCC(=O)NCC1CCCC1O. The summed E-state index contributed by atoms with van der Waals surface area (Å²) in [7, 11) is 0. The number of aliphatic hydroxyl groups is 1. The van der Waals surface area contributed by atoms with Gasteiger partial charge in [-0.3, -0.25) is 4.79 Å². The Labute approximate surface area is 97.4 Å². The summed E-state index contributed by atoms with van der Waals surface area (Å²) in [5.74, 6) is 0.118. The van der Waals surface area contributed by atoms with Gasteiger partial charge in [0.1, 0.15) is 6.61 Å². The van der Waals surface area contributed by atoms with Crippen LogP contribution in [0.1, 0.15) is 40.0 Å². The second-order valence-corrected chi connectivity index (χ2v) is 5.46. The fourth-order valence-electron chi connectivity index (χ4n) is 1.83. The smallest absolute Gasteiger partial charge is 0.246 e. The van der Waals surface area contributed by atoms with E-state index in [1.54, 1.807) is 0 Å². The lowest BCUT2D eigenvalue weighted by Crippen LogP contribution is -2.36. The zero-order valence-electron chi connectivity index (χ0n) is 10.5. The summed E-state index contributed by atoms with van der Waals surface area (Å²) in [5, 5.41) is 12.4. The molecule has 1 rings (SSSR count). The molecule has 0 bridgehead atoms. The Morgan fingerprint density at radius 2 is 2.12 bits per heavy atom. The van der Waals surface area contributed by atoms with Gasteiger partial charge in [0, 0.05) is 12.5 Å². The van der Waals surface area contributed by atoms with Crippen LogP contribution in [0.5, 0.6) is 0 Å². The molecule has 2 N–H and O–H groups in total. The van der Waals surface area contributed by atoms with Gasteiger partial charge in [-0.15, -0.1) is 0 Å². The van der Waals surface area contributed by atoms with E-state index in [4.69, 9.17) is 4.74 Å². The van der Waals surface area contributed by atoms with Crippen LogP contribution in [-0.4, -0.2) is 35.9 Å². The number of hydrogen-bond donors (Lipinski definition) is 2. The van der Waals surface area contributed by atoms with Crippen LogP contribution >= 0.6 is 0 Å². The largest absolute Gasteiger partial charge is 0.393 e. The molecule has 0 saturated heterocycles. The molecule has 4 nitrogen and oxygen atoms in total. The van der Waals surface area contributed by atoms with E-state index in [9.17, 15) is 9.90 Å². The van der Waals surface area contributed by atoms with Crippen LogP contribution in [0.15, 0.2) is 0 Å². The van der Waals surface area contributed by atoms with E-state index in [0.29, 0.717) is 6.54 Å². The van der Waals surface area contributed by atoms with Crippen molar-refractivity contribution in [2.75, 3.05) is 13.2 Å². The lowest BCUT2D eigenvalue weighted by atomic mass is 10.1. The summed E-state index contributed by atoms with van der Waals surface area (Å²) in [4.78, 5) is 11.4. The van der Waals surface area contributed by atoms with Crippen molar-refractivity contribution in [3.8, 4) is 0 Å². The minimum absolute atomic E-state index is 0.0896. The summed E-state index contributed by atoms with van der Waals surface area (Å²) >= 11 is 0. The highest BCUT2D eigenvalue weighted by Gasteiger charge is 2.25. The highest BCUT2D eigenvalue weighted by Crippen LogP contribution is 2.24. The number of hydrogen-bond acceptors (Lipinski definition) is 3. The van der Waals surface area contributed by atoms with Gasteiger partial charge in [-0.1, -0.05) is 6.42 Å². The van der Waals surface area contributed by atoms with Gasteiger partial charge in [0.15, 0.2) is 0 Å². The van der Waals surface area contributed by atoms with Crippen LogP contribution < -0.4 is 5.32 Å². The van der Waals surface area contributed by atoms with E-state index < -0.39 is 0 Å². The standard InChI is InChI=1S/C12H23NO3/c1-12(2,3)16-8-11(15)13-7-9-5-4-6-10(9)14/h9-10,14H,4-8H2,1-3H3,(H,13,15). The van der Waals surface area contributed by atoms with Crippen LogP contribution in [0.25, 0.3) is 0 Å². The highest BCUT2D eigenvalue weighted by atomic mass is 16.5. The molecule has 0 radical (unpaired) electrons. The molecule has 1 amide bonds. The minimum atomic E-state index is -0.287. The first-order valence-corrected chi connectivity index (χ1v) is 5.97. The van der Waals surface area contributed by atoms with Crippen molar-refractivity contribution in [2.24, 2.45) is 5.92 Å². The van der Waals surface area contributed by atoms with E-state index in [0.717, 1.165) is 19.3 Å². The molecule has 0 aliphatic heterocycles. The Morgan fingerprint density at radius 3 is 2.62 bits per heavy atom. The van der Waals surface area contributed by atoms with Crippen molar-refractivity contribution < 1.29 is 14.6 Å². The quantitative estimate of drug-likeness (QED) is 0.758. The maximum Gasteiger partial charge on any atom is 0.246 e. The monoisotopic (exact) mass is 229 g/mol. The molecule has 4 heteroatoms. The molecule has 2 unspecified atom stereocenters. The first-order valence-electron chi connectivity index (χ1n) is 5.97. The maximum atomic E-state index is 11.4. The van der Waals surface area contributed by atoms with Crippen LogP contribution in [0, 0.1) is 5.92 Å². The Hall–Kier alpha value is -0.610. The number of ether oxygens (including phenoxy) is 1. The van der Waals surface area contributed by atoms with E-state index in [2.05, 4.69) is 5.32 Å². The molecular weight excluding hydrogens is 206 g/mol. The molecule has 94 valence electrons. The third-order valence-electron chi connectivity index (χ3n) is 2.82. The third kappa shape index (κ3) is 4.94. The van der Waals surface area contributed by atoms with Crippen molar-refractivity contribution >= 4 is 5.91 Å². The molecule has 1 aliphatic carbocycles. The normalized spacial score (nSPS) is 25.8. The predicted octanol–water partition coefficient (Wildman–Crippen LogP) is 1.08. The minimum Gasteiger partial charge on any atom is -0.393 e. The Kier molecular flexibility index (Phi) is 4.74. The van der Waals surface area contributed by atoms with Gasteiger partial charge >= 0.3 is 0 Å². The zero-order valence-corrected chi connectivity index (χ0v) is 10.5. The van der Waals surface area contributed by atoms with Gasteiger partial charge in [-0.2, -0.15) is 0 Å². The number of nitrogens with one attached hydrogen (secondary N) is 1. The fraction of sp³-hybridized carbons (Fsp3) is 0.917. The Morgan fingerprint density at radius 1 is 1.44 bits per heavy atom. The van der Waals surface area contributed by atoms with E-state index >= 15 is 0 Å². The van der Waals surface area contributed by atoms with Crippen molar-refractivity contribution in [1.29, 1.82) is 0 Å². The second-order valence-electron chi connectivity index (χ2n) is 5.46. The summed E-state index contributed by atoms with van der Waals surface area (Å²) in [6.07, 6.45) is 2.67. The number of carbonyl (C=O) groups is 1. The molecule has 0 aromatic carbocycles. The predicted molar refractivity (Wildman–Crippen MR) is 62.1 cm³/mol. The molecule has 1 saturated carbocycles. The first kappa shape index (κ1) is 13.5. The molecule has 0 aromatic rings. The van der Waals surface area contributed by atoms with Crippen LogP contribution in [0.3, 0.4) is 0 Å². The zero-order chi connectivity index (χ0) is 12.2. The van der Waals surface area contributed by atoms with Gasteiger partial charge in [0.2, 0.25) is 5.91 Å². The molecule has 0 heterocycles. The number of amides is 1. The average molecular weight is 229 g/mol. The maximum absolute atomic E-state index is 11.4. The van der Waals surface area contributed by atoms with Crippen molar-refractivity contribution in [1.82, 2.24) is 5.32 Å². The average Bonchev–Trinajstić information content (AvgIpc) is 2.57. The molecule has 16 heavy (non-hydrogen) atoms. The molecule has 1 aliphatic rings. The van der Waals surface area contributed by atoms with E-state index in [1.165, 1.54) is 0 Å². The second kappa shape index (κ2) is 5.64. The number of aliphatic hydroxyl groups excluding tert-OH is 1. The Balaban J connectivity index is 2.15. The molecule has 0 aromatic heterocycles. The van der Waals surface area contributed by atoms with Gasteiger partial charge < -0.3 is 15.2 Å². The van der Waals surface area contributed by atoms with Gasteiger partial charge in [0.05, 0.1) is 11.7 Å². The summed E-state index contributed by atoms with van der Waals surface area (Å²) < 4.78 is 5.36. The summed E-state index contributed by atoms with van der Waals surface area (Å²) in [6, 6.07) is 0. The lowest BCUT2D eigenvalue weighted by molar-refractivity contribution is -0.130. The topological polar surface area (TPSA) is 58.6 Å². The van der Waals surface area contributed by atoms with E-state index in [-0.39, 0.29) is 30.1 Å². The van der Waals surface area contributed by atoms with E-state index in [1.807, 2.05) is 20.8 Å². The van der Waals surface area contributed by atoms with Crippen molar-refractivity contribution in [3.63, 3.8) is 0 Å². The lowest BCUT2D eigenvalue weighted by Gasteiger charge is -2.20. The van der Waals surface area contributed by atoms with Gasteiger partial charge in [0.25, 0.3) is 0 Å². The van der Waals surface area contributed by atoms with Crippen LogP contribution in [0.2, 0.25) is 0 Å². The summed E-state index contributed by atoms with van der Waals surface area (Å²) in [5.41, 5.74) is -0.287. The molecule has 2 atom stereocenters. The highest BCUT2D eigenvalue weighted by molar-refractivity contribution is 5.77. The summed E-state index contributed by atoms with van der Waals surface area (Å²) in [6.45, 7) is 6.41. The Bertz CT molecular complexity index is 235. The van der Waals surface area contributed by atoms with Crippen LogP contribution in [-0.2, 0) is 9.53 Å². The third-order valence-corrected chi connectivity index (χ3v) is 2.82. The van der Waals surface area contributed by atoms with Crippen LogP contribution in [0.4, 0.5) is 0 Å². The first-order chi connectivity index (χ1) is 7.38. The van der Waals surface area contributed by atoms with Gasteiger partial charge in [-0.25, -0.2) is 0 Å². The number of carbonyl (C=O) groups excluding carboxylic acids is 1. The molecule has 1 fully saturated rings. The van der Waals surface area contributed by atoms with Crippen molar-refractivity contribution in [3.05, 3.63) is 0 Å². The molecular formula is C12H23NO3. The van der Waals surface area contributed by atoms with Gasteiger partial charge in [-0.05, 0) is 33.6 Å². The fourth-order valence-corrected chi connectivity index (χ4v) is 1.83. The van der Waals surface area contributed by atoms with Crippen molar-refractivity contribution in [2.45, 2.75) is 51.7 Å². The number of rotatable bonds is 4.